The number of pyridine rings is 1. The Labute approximate surface area is 206 Å². The summed E-state index contributed by atoms with van der Waals surface area (Å²) in [5.74, 6) is -4.80. The summed E-state index contributed by atoms with van der Waals surface area (Å²) in [7, 11) is 1.95. The number of aryl methyl sites for hydroxylation is 1. The predicted octanol–water partition coefficient (Wildman–Crippen LogP) is 2.89. The minimum Gasteiger partial charge on any atom is -0.475 e. The molecule has 2 aromatic heterocycles. The van der Waals surface area contributed by atoms with Crippen molar-refractivity contribution in [2.24, 2.45) is 7.05 Å². The minimum atomic E-state index is -5.08. The molecule has 4 heterocycles. The lowest BCUT2D eigenvalue weighted by atomic mass is 9.84. The van der Waals surface area contributed by atoms with Crippen molar-refractivity contribution >= 4 is 11.9 Å². The molecule has 1 atom stereocenters. The van der Waals surface area contributed by atoms with Gasteiger partial charge in [-0.15, -0.1) is 0 Å². The van der Waals surface area contributed by atoms with Gasteiger partial charge in [-0.1, -0.05) is 6.07 Å². The van der Waals surface area contributed by atoms with E-state index in [1.165, 1.54) is 5.56 Å². The van der Waals surface area contributed by atoms with Crippen molar-refractivity contribution in [2.75, 3.05) is 19.7 Å². The maximum absolute atomic E-state index is 10.6. The Hall–Kier alpha value is -3.40. The molecule has 0 bridgehead atoms. The molecule has 2 fully saturated rings. The summed E-state index contributed by atoms with van der Waals surface area (Å²) < 4.78 is 77.4. The molecule has 0 aromatic carbocycles. The molecule has 1 spiro atoms. The van der Waals surface area contributed by atoms with E-state index in [4.69, 9.17) is 29.3 Å². The highest BCUT2D eigenvalue weighted by Crippen LogP contribution is 2.36. The Morgan fingerprint density at radius 1 is 1.14 bits per heavy atom. The third-order valence-corrected chi connectivity index (χ3v) is 5.05. The van der Waals surface area contributed by atoms with Crippen molar-refractivity contribution in [1.29, 1.82) is 0 Å². The number of hydrogen-bond donors (Lipinski definition) is 2. The van der Waals surface area contributed by atoms with E-state index in [0.29, 0.717) is 5.88 Å². The predicted molar refractivity (Wildman–Crippen MR) is 112 cm³/mol. The zero-order valence-electron chi connectivity index (χ0n) is 19.4. The van der Waals surface area contributed by atoms with Crippen LogP contribution >= 0.6 is 0 Å². The number of alkyl halides is 6. The van der Waals surface area contributed by atoms with Gasteiger partial charge in [0, 0.05) is 63.5 Å². The molecule has 206 valence electrons. The van der Waals surface area contributed by atoms with Gasteiger partial charge in [-0.25, -0.2) is 14.6 Å². The summed E-state index contributed by atoms with van der Waals surface area (Å²) in [5, 5.41) is 18.5. The maximum atomic E-state index is 10.6. The molecule has 2 saturated heterocycles. The van der Waals surface area contributed by atoms with Gasteiger partial charge in [-0.05, 0) is 6.07 Å². The van der Waals surface area contributed by atoms with Crippen LogP contribution in [0, 0.1) is 0 Å². The van der Waals surface area contributed by atoms with E-state index >= 15 is 0 Å². The Balaban J connectivity index is 0.000000286. The molecule has 16 heteroatoms. The first kappa shape index (κ1) is 29.8. The van der Waals surface area contributed by atoms with Crippen LogP contribution in [0.15, 0.2) is 36.8 Å². The van der Waals surface area contributed by atoms with Gasteiger partial charge in [0.15, 0.2) is 0 Å². The SMILES string of the molecule is Cn1cc(CN2CC3(CC(Oc4ccccn4)CCO3)C2)cn1.O=C(O)C(F)(F)F.O=C(O)C(F)(F)F. The van der Waals surface area contributed by atoms with E-state index in [1.54, 1.807) is 6.20 Å². The summed E-state index contributed by atoms with van der Waals surface area (Å²) >= 11 is 0. The monoisotopic (exact) mass is 542 g/mol. The number of hydrogen-bond acceptors (Lipinski definition) is 7. The van der Waals surface area contributed by atoms with E-state index in [2.05, 4.69) is 21.2 Å². The standard InChI is InChI=1S/C17H22N4O2.2C2HF3O2/c1-20-10-14(9-19-20)11-21-12-17(13-21)8-15(5-7-22-17)23-16-4-2-3-6-18-16;2*3-2(4,5)1(6)7/h2-4,6,9-10,15H,5,7-8,11-13H2,1H3;2*(H,6,7). The number of halogens is 6. The van der Waals surface area contributed by atoms with E-state index in [9.17, 15) is 26.3 Å². The molecule has 0 aliphatic carbocycles. The zero-order chi connectivity index (χ0) is 27.9. The second-order valence-corrected chi connectivity index (χ2v) is 8.21. The Morgan fingerprint density at radius 2 is 1.73 bits per heavy atom. The van der Waals surface area contributed by atoms with Crippen LogP contribution in [0.2, 0.25) is 0 Å². The molecule has 2 N–H and O–H groups in total. The van der Waals surface area contributed by atoms with Crippen molar-refractivity contribution in [2.45, 2.75) is 43.4 Å². The van der Waals surface area contributed by atoms with Crippen LogP contribution in [0.4, 0.5) is 26.3 Å². The molecule has 10 nitrogen and oxygen atoms in total. The first-order valence-corrected chi connectivity index (χ1v) is 10.6. The molecule has 37 heavy (non-hydrogen) atoms. The van der Waals surface area contributed by atoms with Crippen LogP contribution in [0.1, 0.15) is 18.4 Å². The first-order valence-electron chi connectivity index (χ1n) is 10.6. The van der Waals surface area contributed by atoms with Crippen molar-refractivity contribution in [3.05, 3.63) is 42.4 Å². The number of aliphatic carboxylic acids is 2. The van der Waals surface area contributed by atoms with Crippen LogP contribution in [0.5, 0.6) is 5.88 Å². The zero-order valence-corrected chi connectivity index (χ0v) is 19.4. The third kappa shape index (κ3) is 9.87. The number of ether oxygens (including phenoxy) is 2. The quantitative estimate of drug-likeness (QED) is 0.561. The molecule has 2 aromatic rings. The molecule has 0 saturated carbocycles. The van der Waals surface area contributed by atoms with Gasteiger partial charge in [0.25, 0.3) is 0 Å². The Kier molecular flexibility index (Phi) is 9.86. The number of likely N-dealkylation sites (tertiary alicyclic amines) is 1. The third-order valence-electron chi connectivity index (χ3n) is 5.05. The second kappa shape index (κ2) is 12.2. The molecular formula is C21H24F6N4O6. The number of aromatic nitrogens is 3. The van der Waals surface area contributed by atoms with Gasteiger partial charge in [0.05, 0.1) is 18.4 Å². The Bertz CT molecular complexity index is 1000. The number of carbonyl (C=O) groups is 2. The number of rotatable bonds is 4. The first-order chi connectivity index (χ1) is 17.1. The van der Waals surface area contributed by atoms with Crippen molar-refractivity contribution in [3.8, 4) is 5.88 Å². The second-order valence-electron chi connectivity index (χ2n) is 8.21. The van der Waals surface area contributed by atoms with Crippen LogP contribution < -0.4 is 4.74 Å². The van der Waals surface area contributed by atoms with Crippen molar-refractivity contribution in [1.82, 2.24) is 19.7 Å². The molecule has 2 aliphatic heterocycles. The van der Waals surface area contributed by atoms with Crippen LogP contribution in [0.25, 0.3) is 0 Å². The van der Waals surface area contributed by atoms with Gasteiger partial charge in [0.2, 0.25) is 5.88 Å². The van der Waals surface area contributed by atoms with Crippen LogP contribution in [-0.4, -0.2) is 85.6 Å². The summed E-state index contributed by atoms with van der Waals surface area (Å²) in [6, 6.07) is 5.77. The van der Waals surface area contributed by atoms with Crippen molar-refractivity contribution < 1.29 is 55.6 Å². The fraction of sp³-hybridized carbons (Fsp3) is 0.524. The summed E-state index contributed by atoms with van der Waals surface area (Å²) in [6.07, 6.45) is -2.34. The molecular weight excluding hydrogens is 518 g/mol. The van der Waals surface area contributed by atoms with Gasteiger partial charge < -0.3 is 19.7 Å². The summed E-state index contributed by atoms with van der Waals surface area (Å²) in [5.41, 5.74) is 1.21. The fourth-order valence-corrected chi connectivity index (χ4v) is 3.58. The summed E-state index contributed by atoms with van der Waals surface area (Å²) in [4.78, 5) is 24.4. The minimum absolute atomic E-state index is 0.0418. The van der Waals surface area contributed by atoms with E-state index < -0.39 is 24.3 Å². The smallest absolute Gasteiger partial charge is 0.475 e. The largest absolute Gasteiger partial charge is 0.490 e. The average molecular weight is 542 g/mol. The summed E-state index contributed by atoms with van der Waals surface area (Å²) in [6.45, 7) is 3.62. The van der Waals surface area contributed by atoms with Gasteiger partial charge in [-0.2, -0.15) is 31.4 Å². The Morgan fingerprint density at radius 3 is 2.19 bits per heavy atom. The lowest BCUT2D eigenvalue weighted by Crippen LogP contribution is -2.65. The lowest BCUT2D eigenvalue weighted by Gasteiger charge is -2.53. The fourth-order valence-electron chi connectivity index (χ4n) is 3.58. The molecule has 4 rings (SSSR count). The molecule has 0 radical (unpaired) electrons. The van der Waals surface area contributed by atoms with Gasteiger partial charge in [0.1, 0.15) is 6.10 Å². The van der Waals surface area contributed by atoms with Gasteiger partial charge >= 0.3 is 24.3 Å². The van der Waals surface area contributed by atoms with Crippen LogP contribution in [-0.2, 0) is 27.9 Å². The highest BCUT2D eigenvalue weighted by molar-refractivity contribution is 5.73. The van der Waals surface area contributed by atoms with E-state index in [1.807, 2.05) is 36.1 Å². The normalized spacial score (nSPS) is 18.9. The lowest BCUT2D eigenvalue weighted by molar-refractivity contribution is -0.193. The van der Waals surface area contributed by atoms with Gasteiger partial charge in [-0.3, -0.25) is 9.58 Å². The maximum Gasteiger partial charge on any atom is 0.490 e. The topological polar surface area (TPSA) is 127 Å². The van der Waals surface area contributed by atoms with Crippen LogP contribution in [0.3, 0.4) is 0 Å². The van der Waals surface area contributed by atoms with E-state index in [-0.39, 0.29) is 11.7 Å². The molecule has 0 amide bonds. The highest BCUT2D eigenvalue weighted by Gasteiger charge is 2.48. The molecule has 2 aliphatic rings. The number of carboxylic acid groups (broad SMARTS) is 2. The molecule has 1 unspecified atom stereocenters. The highest BCUT2D eigenvalue weighted by atomic mass is 19.4. The average Bonchev–Trinajstić information content (AvgIpc) is 3.18. The van der Waals surface area contributed by atoms with E-state index in [0.717, 1.165) is 39.1 Å². The van der Waals surface area contributed by atoms with Crippen molar-refractivity contribution in [3.63, 3.8) is 0 Å². The number of carboxylic acids is 2. The number of nitrogens with zero attached hydrogens (tertiary/aromatic N) is 4.